The van der Waals surface area contributed by atoms with Crippen LogP contribution in [0.3, 0.4) is 0 Å². The van der Waals surface area contributed by atoms with E-state index >= 15 is 0 Å². The van der Waals surface area contributed by atoms with E-state index in [2.05, 4.69) is 0 Å². The number of hydrogen-bond donors (Lipinski definition) is 1. The average Bonchev–Trinajstić information content (AvgIpc) is 2.67. The molecule has 0 aliphatic rings. The van der Waals surface area contributed by atoms with Crippen LogP contribution in [0.1, 0.15) is 18.3 Å². The van der Waals surface area contributed by atoms with Gasteiger partial charge in [-0.1, -0.05) is 6.07 Å². The summed E-state index contributed by atoms with van der Waals surface area (Å²) >= 11 is 0. The Morgan fingerprint density at radius 1 is 0.964 bits per heavy atom. The molecule has 2 unspecified atom stereocenters. The number of ether oxygens (including phenoxy) is 6. The van der Waals surface area contributed by atoms with Gasteiger partial charge in [0, 0.05) is 20.9 Å². The third-order valence-electron chi connectivity index (χ3n) is 3.55. The van der Waals surface area contributed by atoms with E-state index in [9.17, 15) is 9.67 Å². The molecule has 0 amide bonds. The number of hydrogen-bond acceptors (Lipinski definition) is 9. The highest BCUT2D eigenvalue weighted by atomic mass is 31.2. The Kier molecular flexibility index (Phi) is 12.3. The number of benzene rings is 1. The Balaban J connectivity index is 2.84. The van der Waals surface area contributed by atoms with Crippen molar-refractivity contribution in [3.05, 3.63) is 23.8 Å². The zero-order valence-electron chi connectivity index (χ0n) is 16.9. The van der Waals surface area contributed by atoms with Crippen LogP contribution in [0.4, 0.5) is 0 Å². The SMILES string of the molecule is CCOP(C)(=O)C(O)c1ccc(OCOCCOC)c(OCOCCOC)c1. The Hall–Kier alpha value is -1.19. The lowest BCUT2D eigenvalue weighted by Gasteiger charge is -2.21. The van der Waals surface area contributed by atoms with Crippen LogP contribution in [0, 0.1) is 0 Å². The van der Waals surface area contributed by atoms with E-state index in [1.54, 1.807) is 39.3 Å². The third kappa shape index (κ3) is 8.87. The van der Waals surface area contributed by atoms with Crippen molar-refractivity contribution in [3.63, 3.8) is 0 Å². The van der Waals surface area contributed by atoms with E-state index in [1.165, 1.54) is 6.66 Å². The summed E-state index contributed by atoms with van der Waals surface area (Å²) in [5.41, 5.74) is 0.388. The van der Waals surface area contributed by atoms with Crippen LogP contribution in [0.2, 0.25) is 0 Å². The fourth-order valence-corrected chi connectivity index (χ4v) is 3.48. The van der Waals surface area contributed by atoms with Crippen LogP contribution in [0.25, 0.3) is 0 Å². The zero-order chi connectivity index (χ0) is 20.8. The Bertz CT molecular complexity index is 596. The molecule has 1 aromatic rings. The van der Waals surface area contributed by atoms with Crippen LogP contribution < -0.4 is 9.47 Å². The van der Waals surface area contributed by atoms with Gasteiger partial charge in [0.05, 0.1) is 33.0 Å². The van der Waals surface area contributed by atoms with E-state index in [0.717, 1.165) is 0 Å². The van der Waals surface area contributed by atoms with Gasteiger partial charge in [0.15, 0.2) is 30.9 Å². The first-order valence-electron chi connectivity index (χ1n) is 8.89. The highest BCUT2D eigenvalue weighted by molar-refractivity contribution is 7.58. The van der Waals surface area contributed by atoms with Crippen molar-refractivity contribution in [2.45, 2.75) is 12.8 Å². The van der Waals surface area contributed by atoms with Crippen LogP contribution >= 0.6 is 7.37 Å². The second-order valence-electron chi connectivity index (χ2n) is 5.73. The smallest absolute Gasteiger partial charge is 0.232 e. The molecule has 0 bridgehead atoms. The number of aliphatic hydroxyl groups is 1. The molecule has 0 aromatic heterocycles. The maximum Gasteiger partial charge on any atom is 0.232 e. The molecule has 0 fully saturated rings. The second-order valence-corrected chi connectivity index (χ2v) is 8.30. The Labute approximate surface area is 166 Å². The molecule has 0 aliphatic carbocycles. The quantitative estimate of drug-likeness (QED) is 0.245. The molecule has 162 valence electrons. The van der Waals surface area contributed by atoms with E-state index in [1.807, 2.05) is 0 Å². The molecule has 28 heavy (non-hydrogen) atoms. The van der Waals surface area contributed by atoms with E-state index in [-0.39, 0.29) is 20.2 Å². The summed E-state index contributed by atoms with van der Waals surface area (Å²) in [4.78, 5) is 0. The maximum absolute atomic E-state index is 12.5. The largest absolute Gasteiger partial charge is 0.464 e. The van der Waals surface area contributed by atoms with Crippen molar-refractivity contribution < 1.29 is 42.6 Å². The van der Waals surface area contributed by atoms with Gasteiger partial charge < -0.3 is 38.1 Å². The van der Waals surface area contributed by atoms with Crippen molar-refractivity contribution in [1.82, 2.24) is 0 Å². The molecule has 9 nitrogen and oxygen atoms in total. The fourth-order valence-electron chi connectivity index (χ4n) is 2.13. The summed E-state index contributed by atoms with van der Waals surface area (Å²) in [6.45, 7) is 4.94. The van der Waals surface area contributed by atoms with Crippen molar-refractivity contribution >= 4 is 7.37 Å². The molecule has 1 rings (SSSR count). The topological polar surface area (TPSA) is 102 Å². The number of rotatable bonds is 16. The third-order valence-corrected chi connectivity index (χ3v) is 5.51. The van der Waals surface area contributed by atoms with Gasteiger partial charge in [-0.3, -0.25) is 4.57 Å². The monoisotopic (exact) mass is 422 g/mol. The molecule has 0 saturated heterocycles. The molecule has 0 aliphatic heterocycles. The predicted molar refractivity (Wildman–Crippen MR) is 103 cm³/mol. The molecule has 0 saturated carbocycles. The Morgan fingerprint density at radius 2 is 1.54 bits per heavy atom. The lowest BCUT2D eigenvalue weighted by atomic mass is 10.2. The van der Waals surface area contributed by atoms with Gasteiger partial charge >= 0.3 is 0 Å². The van der Waals surface area contributed by atoms with Crippen LogP contribution in [0.5, 0.6) is 11.5 Å². The summed E-state index contributed by atoms with van der Waals surface area (Å²) < 4.78 is 49.3. The molecule has 2 atom stereocenters. The lowest BCUT2D eigenvalue weighted by Crippen LogP contribution is -2.11. The van der Waals surface area contributed by atoms with Gasteiger partial charge in [-0.2, -0.15) is 0 Å². The summed E-state index contributed by atoms with van der Waals surface area (Å²) in [6, 6.07) is 4.75. The average molecular weight is 422 g/mol. The zero-order valence-corrected chi connectivity index (χ0v) is 17.8. The van der Waals surface area contributed by atoms with Crippen molar-refractivity contribution in [3.8, 4) is 11.5 Å². The van der Waals surface area contributed by atoms with Crippen molar-refractivity contribution in [2.75, 3.05) is 67.5 Å². The number of aliphatic hydroxyl groups excluding tert-OH is 1. The molecule has 0 heterocycles. The summed E-state index contributed by atoms with van der Waals surface area (Å²) in [5.74, 6) is -0.567. The molecule has 0 spiro atoms. The summed E-state index contributed by atoms with van der Waals surface area (Å²) in [6.07, 6.45) is 0. The van der Waals surface area contributed by atoms with Gasteiger partial charge in [-0.05, 0) is 24.6 Å². The minimum Gasteiger partial charge on any atom is -0.464 e. The molecule has 0 radical (unpaired) electrons. The standard InChI is InChI=1S/C18H31O9P/c1-5-27-28(4,20)18(19)15-6-7-16(25-13-23-10-8-21-2)17(12-15)26-14-24-11-9-22-3/h6-7,12,18-19H,5,8-11,13-14H2,1-4H3. The minimum absolute atomic E-state index is 0.00261. The molecular formula is C18H31O9P. The number of methoxy groups -OCH3 is 2. The lowest BCUT2D eigenvalue weighted by molar-refractivity contribution is -0.0208. The molecule has 1 N–H and O–H groups in total. The summed E-state index contributed by atoms with van der Waals surface area (Å²) in [7, 11) is -0.0849. The van der Waals surface area contributed by atoms with Crippen LogP contribution in [-0.4, -0.2) is 72.6 Å². The van der Waals surface area contributed by atoms with Gasteiger partial charge in [-0.25, -0.2) is 0 Å². The highest BCUT2D eigenvalue weighted by Crippen LogP contribution is 2.55. The Morgan fingerprint density at radius 3 is 2.07 bits per heavy atom. The molecule has 10 heteroatoms. The van der Waals surface area contributed by atoms with Gasteiger partial charge in [-0.15, -0.1) is 0 Å². The van der Waals surface area contributed by atoms with Crippen LogP contribution in [-0.2, 0) is 28.0 Å². The van der Waals surface area contributed by atoms with Gasteiger partial charge in [0.25, 0.3) is 0 Å². The van der Waals surface area contributed by atoms with E-state index in [4.69, 9.17) is 32.9 Å². The van der Waals surface area contributed by atoms with Gasteiger partial charge in [0.2, 0.25) is 7.37 Å². The predicted octanol–water partition coefficient (Wildman–Crippen LogP) is 2.62. The van der Waals surface area contributed by atoms with E-state index < -0.39 is 13.2 Å². The van der Waals surface area contributed by atoms with Crippen LogP contribution in [0.15, 0.2) is 18.2 Å². The highest BCUT2D eigenvalue weighted by Gasteiger charge is 2.29. The first kappa shape index (κ1) is 24.8. The molecule has 1 aromatic carbocycles. The van der Waals surface area contributed by atoms with Gasteiger partial charge in [0.1, 0.15) is 0 Å². The first-order chi connectivity index (χ1) is 13.5. The first-order valence-corrected chi connectivity index (χ1v) is 11.0. The fraction of sp³-hybridized carbons (Fsp3) is 0.667. The molecular weight excluding hydrogens is 391 g/mol. The minimum atomic E-state index is -3.24. The summed E-state index contributed by atoms with van der Waals surface area (Å²) in [5, 5.41) is 10.4. The second kappa shape index (κ2) is 13.9. The van der Waals surface area contributed by atoms with Crippen molar-refractivity contribution in [1.29, 1.82) is 0 Å². The normalized spacial score (nSPS) is 14.5. The maximum atomic E-state index is 12.5. The van der Waals surface area contributed by atoms with Crippen molar-refractivity contribution in [2.24, 2.45) is 0 Å². The van der Waals surface area contributed by atoms with E-state index in [0.29, 0.717) is 43.5 Å².